The molecule has 0 aromatic heterocycles. The fraction of sp³-hybridized carbons (Fsp3) is 0.760. The summed E-state index contributed by atoms with van der Waals surface area (Å²) in [5.74, 6) is -1.05. The number of hydrogen-bond donors (Lipinski definition) is 3. The molecule has 0 radical (unpaired) electrons. The van der Waals surface area contributed by atoms with Crippen LogP contribution in [0.5, 0.6) is 0 Å². The average Bonchev–Trinajstić information content (AvgIpc) is 3.64. The standard InChI is InChI=1S/C25H40N4O5S/c1-8-15-14-25(15,21(32)28-35-16-11-12-16)27-19(30)17-10-9-13-29(17)20(31)18(23(2,3)4)26-22(33)34-24(5,6)7/h8,15-18H,1,9-14H2,2-7H3,(H,26,33)(H,27,30)(H,28,32)/t15?,17?,18-,25?/m1/s1. The minimum Gasteiger partial charge on any atom is -0.444 e. The topological polar surface area (TPSA) is 117 Å². The van der Waals surface area contributed by atoms with Gasteiger partial charge in [0.25, 0.3) is 5.91 Å². The van der Waals surface area contributed by atoms with Gasteiger partial charge in [0.05, 0.1) is 0 Å². The molecular formula is C25H40N4O5S. The maximum atomic E-state index is 13.6. The number of carbonyl (C=O) groups excluding carboxylic acids is 4. The zero-order chi connectivity index (χ0) is 26.2. The Balaban J connectivity index is 1.70. The van der Waals surface area contributed by atoms with E-state index in [2.05, 4.69) is 21.9 Å². The first-order valence-corrected chi connectivity index (χ1v) is 13.3. The van der Waals surface area contributed by atoms with E-state index in [0.29, 0.717) is 31.1 Å². The Hall–Kier alpha value is -2.23. The van der Waals surface area contributed by atoms with Gasteiger partial charge in [-0.2, -0.15) is 0 Å². The first-order valence-electron chi connectivity index (χ1n) is 12.4. The molecule has 3 unspecified atom stereocenters. The zero-order valence-electron chi connectivity index (χ0n) is 21.7. The van der Waals surface area contributed by atoms with Gasteiger partial charge in [-0.15, -0.1) is 6.58 Å². The number of nitrogens with zero attached hydrogens (tertiary/aromatic N) is 1. The molecule has 1 saturated heterocycles. The van der Waals surface area contributed by atoms with Crippen LogP contribution in [0.4, 0.5) is 4.79 Å². The molecule has 2 saturated carbocycles. The number of amides is 4. The molecule has 2 aliphatic carbocycles. The fourth-order valence-corrected chi connectivity index (χ4v) is 5.12. The molecule has 4 amide bonds. The van der Waals surface area contributed by atoms with Crippen LogP contribution in [0.2, 0.25) is 0 Å². The van der Waals surface area contributed by atoms with Crippen LogP contribution in [0.1, 0.15) is 73.6 Å². The number of likely N-dealkylation sites (tertiary alicyclic amines) is 1. The molecule has 10 heteroatoms. The quantitative estimate of drug-likeness (QED) is 0.343. The van der Waals surface area contributed by atoms with Gasteiger partial charge in [0.2, 0.25) is 11.8 Å². The van der Waals surface area contributed by atoms with Crippen molar-refractivity contribution in [2.75, 3.05) is 6.54 Å². The predicted octanol–water partition coefficient (Wildman–Crippen LogP) is 2.90. The summed E-state index contributed by atoms with van der Waals surface area (Å²) in [7, 11) is 0. The molecule has 1 aliphatic heterocycles. The molecule has 0 aromatic rings. The van der Waals surface area contributed by atoms with Crippen molar-refractivity contribution in [1.82, 2.24) is 20.3 Å². The summed E-state index contributed by atoms with van der Waals surface area (Å²) in [6.45, 7) is 15.0. The number of hydrogen-bond acceptors (Lipinski definition) is 6. The minimum absolute atomic E-state index is 0.145. The minimum atomic E-state index is -1.02. The summed E-state index contributed by atoms with van der Waals surface area (Å²) in [6, 6.07) is -1.58. The second kappa shape index (κ2) is 10.0. The lowest BCUT2D eigenvalue weighted by molar-refractivity contribution is -0.142. The fourth-order valence-electron chi connectivity index (χ4n) is 4.29. The van der Waals surface area contributed by atoms with E-state index in [1.54, 1.807) is 26.8 Å². The second-order valence-electron chi connectivity index (χ2n) is 11.9. The summed E-state index contributed by atoms with van der Waals surface area (Å²) in [5.41, 5.74) is -2.33. The molecular weight excluding hydrogens is 468 g/mol. The maximum absolute atomic E-state index is 13.6. The molecule has 3 N–H and O–H groups in total. The first kappa shape index (κ1) is 27.4. The van der Waals surface area contributed by atoms with Crippen LogP contribution in [0, 0.1) is 11.3 Å². The lowest BCUT2D eigenvalue weighted by Crippen LogP contribution is -2.59. The van der Waals surface area contributed by atoms with Crippen molar-refractivity contribution in [3.8, 4) is 0 Å². The molecule has 3 rings (SSSR count). The van der Waals surface area contributed by atoms with Gasteiger partial charge in [-0.05, 0) is 70.2 Å². The third-order valence-corrected chi connectivity index (χ3v) is 7.61. The summed E-state index contributed by atoms with van der Waals surface area (Å²) in [4.78, 5) is 53.9. The van der Waals surface area contributed by atoms with Gasteiger partial charge in [-0.3, -0.25) is 19.1 Å². The second-order valence-corrected chi connectivity index (χ2v) is 13.0. The van der Waals surface area contributed by atoms with E-state index >= 15 is 0 Å². The summed E-state index contributed by atoms with van der Waals surface area (Å²) in [5, 5.41) is 6.11. The van der Waals surface area contributed by atoms with Gasteiger partial charge in [0.1, 0.15) is 23.2 Å². The number of nitrogens with one attached hydrogen (secondary N) is 3. The van der Waals surface area contributed by atoms with Crippen LogP contribution < -0.4 is 15.4 Å². The lowest BCUT2D eigenvalue weighted by atomic mass is 9.85. The van der Waals surface area contributed by atoms with Gasteiger partial charge in [-0.1, -0.05) is 26.8 Å². The number of rotatable bonds is 8. The van der Waals surface area contributed by atoms with E-state index in [-0.39, 0.29) is 23.6 Å². The first-order chi connectivity index (χ1) is 16.2. The average molecular weight is 509 g/mol. The van der Waals surface area contributed by atoms with E-state index in [4.69, 9.17) is 4.74 Å². The van der Waals surface area contributed by atoms with E-state index < -0.39 is 34.7 Å². The molecule has 3 aliphatic rings. The van der Waals surface area contributed by atoms with E-state index in [9.17, 15) is 19.2 Å². The Labute approximate surface area is 212 Å². The van der Waals surface area contributed by atoms with Crippen LogP contribution >= 0.6 is 11.9 Å². The Kier molecular flexibility index (Phi) is 7.84. The molecule has 9 nitrogen and oxygen atoms in total. The molecule has 1 heterocycles. The van der Waals surface area contributed by atoms with Crippen molar-refractivity contribution in [1.29, 1.82) is 0 Å². The number of carbonyl (C=O) groups is 4. The van der Waals surface area contributed by atoms with Crippen molar-refractivity contribution in [3.63, 3.8) is 0 Å². The lowest BCUT2D eigenvalue weighted by Gasteiger charge is -2.36. The Morgan fingerprint density at radius 3 is 2.29 bits per heavy atom. The number of alkyl carbamates (subject to hydrolysis) is 1. The van der Waals surface area contributed by atoms with Crippen molar-refractivity contribution >= 4 is 35.8 Å². The van der Waals surface area contributed by atoms with Crippen molar-refractivity contribution in [2.45, 2.75) is 102 Å². The van der Waals surface area contributed by atoms with Gasteiger partial charge < -0.3 is 20.3 Å². The van der Waals surface area contributed by atoms with Crippen molar-refractivity contribution in [2.24, 2.45) is 11.3 Å². The molecule has 4 atom stereocenters. The predicted molar refractivity (Wildman–Crippen MR) is 135 cm³/mol. The highest BCUT2D eigenvalue weighted by atomic mass is 32.2. The van der Waals surface area contributed by atoms with Crippen LogP contribution in [0.15, 0.2) is 12.7 Å². The summed E-state index contributed by atoms with van der Waals surface area (Å²) >= 11 is 1.41. The van der Waals surface area contributed by atoms with E-state index in [0.717, 1.165) is 12.8 Å². The van der Waals surface area contributed by atoms with Crippen LogP contribution in [-0.2, 0) is 19.1 Å². The van der Waals surface area contributed by atoms with E-state index in [1.807, 2.05) is 20.8 Å². The highest BCUT2D eigenvalue weighted by Crippen LogP contribution is 2.46. The molecule has 0 bridgehead atoms. The third-order valence-electron chi connectivity index (χ3n) is 6.51. The Morgan fingerprint density at radius 1 is 1.11 bits per heavy atom. The van der Waals surface area contributed by atoms with E-state index in [1.165, 1.54) is 16.8 Å². The highest BCUT2D eigenvalue weighted by molar-refractivity contribution is 7.98. The molecule has 3 fully saturated rings. The zero-order valence-corrected chi connectivity index (χ0v) is 22.5. The molecule has 0 aromatic carbocycles. The van der Waals surface area contributed by atoms with Gasteiger partial charge >= 0.3 is 6.09 Å². The van der Waals surface area contributed by atoms with Crippen LogP contribution in [0.3, 0.4) is 0 Å². The van der Waals surface area contributed by atoms with Crippen molar-refractivity contribution < 1.29 is 23.9 Å². The van der Waals surface area contributed by atoms with Crippen LogP contribution in [0.25, 0.3) is 0 Å². The summed E-state index contributed by atoms with van der Waals surface area (Å²) < 4.78 is 8.26. The third kappa shape index (κ3) is 6.71. The van der Waals surface area contributed by atoms with Gasteiger partial charge in [0, 0.05) is 17.7 Å². The molecule has 196 valence electrons. The summed E-state index contributed by atoms with van der Waals surface area (Å²) in [6.07, 6.45) is 4.83. The Morgan fingerprint density at radius 2 is 1.77 bits per heavy atom. The highest BCUT2D eigenvalue weighted by Gasteiger charge is 2.60. The monoisotopic (exact) mass is 508 g/mol. The van der Waals surface area contributed by atoms with Gasteiger partial charge in [0.15, 0.2) is 0 Å². The van der Waals surface area contributed by atoms with Crippen molar-refractivity contribution in [3.05, 3.63) is 12.7 Å². The Bertz CT molecular complexity index is 876. The molecule has 35 heavy (non-hydrogen) atoms. The van der Waals surface area contributed by atoms with Gasteiger partial charge in [-0.25, -0.2) is 4.79 Å². The normalized spacial score (nSPS) is 27.0. The smallest absolute Gasteiger partial charge is 0.408 e. The molecule has 0 spiro atoms. The maximum Gasteiger partial charge on any atom is 0.408 e. The van der Waals surface area contributed by atoms with Crippen LogP contribution in [-0.4, -0.2) is 63.7 Å². The SMILES string of the molecule is C=CC1CC1(NC(=O)C1CCCN1C(=O)[C@@H](NC(=O)OC(C)(C)C)C(C)(C)C)C(=O)NSC1CC1. The number of ether oxygens (including phenoxy) is 1. The largest absolute Gasteiger partial charge is 0.444 e.